The molecule has 2 unspecified atom stereocenters. The molecule has 2 bridgehead atoms. The summed E-state index contributed by atoms with van der Waals surface area (Å²) in [5.74, 6) is 0.828. The fraction of sp³-hybridized carbons (Fsp3) is 0.471. The number of nitrogens with one attached hydrogen (secondary N) is 3. The Hall–Kier alpha value is -3.93. The summed E-state index contributed by atoms with van der Waals surface area (Å²) in [6.07, 6.45) is 6.65. The molecule has 2 aliphatic heterocycles. The number of pyridine rings is 1. The Bertz CT molecular complexity index is 1630. The summed E-state index contributed by atoms with van der Waals surface area (Å²) in [6, 6.07) is 11.9. The molecule has 45 heavy (non-hydrogen) atoms. The van der Waals surface area contributed by atoms with Gasteiger partial charge in [0.2, 0.25) is 0 Å². The normalized spacial score (nSPS) is 22.2. The van der Waals surface area contributed by atoms with Gasteiger partial charge in [-0.25, -0.2) is 9.18 Å². The Morgan fingerprint density at radius 3 is 2.29 bits per heavy atom. The predicted molar refractivity (Wildman–Crippen MR) is 179 cm³/mol. The van der Waals surface area contributed by atoms with E-state index in [0.717, 1.165) is 42.7 Å². The van der Waals surface area contributed by atoms with E-state index in [4.69, 9.17) is 4.79 Å². The molecule has 2 aromatic carbocycles. The van der Waals surface area contributed by atoms with E-state index in [9.17, 15) is 9.90 Å². The number of H-pyrrole nitrogens is 1. The minimum Gasteiger partial charge on any atom is -0.508 e. The largest absolute Gasteiger partial charge is 0.508 e. The summed E-state index contributed by atoms with van der Waals surface area (Å²) >= 11 is 0. The highest BCUT2D eigenvalue weighted by atomic mass is 19.1. The van der Waals surface area contributed by atoms with E-state index in [1.165, 1.54) is 25.5 Å². The molecule has 7 rings (SSSR count). The number of likely N-dealkylation sites (tertiary alicyclic amines) is 1. The molecule has 2 saturated heterocycles. The lowest BCUT2D eigenvalue weighted by atomic mass is 9.92. The van der Waals surface area contributed by atoms with Gasteiger partial charge in [0.1, 0.15) is 24.1 Å². The molecular formula is C34H46FN7O3. The highest BCUT2D eigenvalue weighted by Gasteiger charge is 2.42. The molecule has 1 aliphatic carbocycles. The van der Waals surface area contributed by atoms with E-state index in [-0.39, 0.29) is 17.0 Å². The van der Waals surface area contributed by atoms with Crippen LogP contribution < -0.4 is 21.2 Å². The van der Waals surface area contributed by atoms with Crippen molar-refractivity contribution in [1.82, 2.24) is 30.5 Å². The number of aromatic nitrogens is 3. The van der Waals surface area contributed by atoms with Crippen LogP contribution in [0, 0.1) is 17.7 Å². The molecule has 1 saturated carbocycles. The second-order valence-electron chi connectivity index (χ2n) is 12.1. The van der Waals surface area contributed by atoms with Gasteiger partial charge in [-0.2, -0.15) is 4.98 Å². The molecule has 0 amide bonds. The Morgan fingerprint density at radius 1 is 1.04 bits per heavy atom. The molecule has 3 fully saturated rings. The van der Waals surface area contributed by atoms with E-state index in [1.807, 2.05) is 52.2 Å². The van der Waals surface area contributed by atoms with Crippen LogP contribution in [0.1, 0.15) is 32.6 Å². The topological polar surface area (TPSA) is 126 Å². The van der Waals surface area contributed by atoms with Gasteiger partial charge in [0.15, 0.2) is 5.82 Å². The number of aromatic amines is 1. The van der Waals surface area contributed by atoms with Crippen LogP contribution in [0.15, 0.2) is 47.4 Å². The zero-order valence-corrected chi connectivity index (χ0v) is 26.9. The van der Waals surface area contributed by atoms with Crippen LogP contribution in [0.25, 0.3) is 32.9 Å². The van der Waals surface area contributed by atoms with Crippen LogP contribution in [-0.2, 0) is 4.79 Å². The maximum Gasteiger partial charge on any atom is 0.347 e. The summed E-state index contributed by atoms with van der Waals surface area (Å²) in [7, 11) is 7.94. The van der Waals surface area contributed by atoms with Crippen LogP contribution in [0.2, 0.25) is 0 Å². The zero-order chi connectivity index (χ0) is 32.7. The number of phenolic OH excluding ortho intramolecular Hbond substituents is 1. The first kappa shape index (κ1) is 34.0. The van der Waals surface area contributed by atoms with Gasteiger partial charge in [-0.15, -0.1) is 0 Å². The first-order chi connectivity index (χ1) is 21.7. The number of aromatic hydroxyl groups is 1. The van der Waals surface area contributed by atoms with Crippen molar-refractivity contribution < 1.29 is 14.3 Å². The van der Waals surface area contributed by atoms with Crippen LogP contribution in [0.3, 0.4) is 0 Å². The summed E-state index contributed by atoms with van der Waals surface area (Å²) in [6.45, 7) is 7.14. The van der Waals surface area contributed by atoms with Crippen molar-refractivity contribution in [2.45, 2.75) is 44.7 Å². The van der Waals surface area contributed by atoms with Crippen molar-refractivity contribution in [3.8, 4) is 17.0 Å². The molecular weight excluding hydrogens is 573 g/mol. The number of carbonyl (C=O) groups is 1. The maximum absolute atomic E-state index is 15.9. The number of phenols is 1. The Kier molecular flexibility index (Phi) is 11.6. The van der Waals surface area contributed by atoms with Crippen LogP contribution in [0.4, 0.5) is 10.2 Å². The van der Waals surface area contributed by atoms with Crippen molar-refractivity contribution in [2.24, 2.45) is 11.8 Å². The van der Waals surface area contributed by atoms with E-state index in [2.05, 4.69) is 49.4 Å². The van der Waals surface area contributed by atoms with Crippen molar-refractivity contribution in [3.63, 3.8) is 0 Å². The summed E-state index contributed by atoms with van der Waals surface area (Å²) in [5, 5.41) is 18.4. The quantitative estimate of drug-likeness (QED) is 0.267. The number of benzene rings is 2. The number of piperidine rings is 1. The number of rotatable bonds is 3. The Balaban J connectivity index is 0.000000328. The summed E-state index contributed by atoms with van der Waals surface area (Å²) in [5.41, 5.74) is 0.0522. The molecule has 4 aromatic rings. The fourth-order valence-electron chi connectivity index (χ4n) is 6.93. The third-order valence-electron chi connectivity index (χ3n) is 9.15. The minimum atomic E-state index is -0.628. The van der Waals surface area contributed by atoms with Crippen LogP contribution in [0.5, 0.6) is 5.75 Å². The average Bonchev–Trinajstić information content (AvgIpc) is 3.53. The molecule has 4 N–H and O–H groups in total. The smallest absolute Gasteiger partial charge is 0.347 e. The number of hydrogen-bond acceptors (Lipinski definition) is 9. The molecule has 4 heterocycles. The first-order valence-electron chi connectivity index (χ1n) is 15.6. The molecule has 0 spiro atoms. The Labute approximate surface area is 264 Å². The van der Waals surface area contributed by atoms with E-state index >= 15 is 4.39 Å². The van der Waals surface area contributed by atoms with Gasteiger partial charge in [-0.1, -0.05) is 24.3 Å². The van der Waals surface area contributed by atoms with Gasteiger partial charge in [-0.05, 0) is 102 Å². The minimum absolute atomic E-state index is 0.0248. The molecule has 0 radical (unpaired) electrons. The number of nitrogens with zero attached hydrogens (tertiary/aromatic N) is 4. The molecule has 242 valence electrons. The van der Waals surface area contributed by atoms with Gasteiger partial charge in [0.05, 0.1) is 10.9 Å². The van der Waals surface area contributed by atoms with E-state index in [0.29, 0.717) is 34.6 Å². The van der Waals surface area contributed by atoms with Gasteiger partial charge in [0.25, 0.3) is 0 Å². The Morgan fingerprint density at radius 2 is 1.71 bits per heavy atom. The predicted octanol–water partition coefficient (Wildman–Crippen LogP) is 4.17. The molecule has 11 heteroatoms. The number of carbonyl (C=O) groups excluding carboxylic acids is 1. The SMILES string of the molecule is C=O.CNC.CNC1C2CC[C@H]1CN(c1nc(=O)[nH]c3c(F)c(-c4cc(O)cc5ccccc45)ncc13)C2.C[C@@H]1CCCN1C. The second kappa shape index (κ2) is 15.4. The summed E-state index contributed by atoms with van der Waals surface area (Å²) < 4.78 is 15.9. The van der Waals surface area contributed by atoms with Gasteiger partial charge >= 0.3 is 5.69 Å². The number of fused-ring (bicyclic) bond motifs is 4. The van der Waals surface area contributed by atoms with Gasteiger partial charge < -0.3 is 35.3 Å². The van der Waals surface area contributed by atoms with E-state index in [1.54, 1.807) is 12.3 Å². The number of anilines is 1. The van der Waals surface area contributed by atoms with Crippen molar-refractivity contribution in [2.75, 3.05) is 52.7 Å². The van der Waals surface area contributed by atoms with E-state index < -0.39 is 11.5 Å². The van der Waals surface area contributed by atoms with Gasteiger partial charge in [0, 0.05) is 36.9 Å². The third kappa shape index (κ3) is 7.32. The summed E-state index contributed by atoms with van der Waals surface area (Å²) in [4.78, 5) is 36.3. The highest BCUT2D eigenvalue weighted by molar-refractivity contribution is 5.99. The van der Waals surface area contributed by atoms with Crippen molar-refractivity contribution in [3.05, 3.63) is 58.9 Å². The van der Waals surface area contributed by atoms with Crippen molar-refractivity contribution in [1.29, 1.82) is 0 Å². The monoisotopic (exact) mass is 619 g/mol. The molecule has 10 nitrogen and oxygen atoms in total. The molecule has 3 aliphatic rings. The lowest BCUT2D eigenvalue weighted by Crippen LogP contribution is -2.50. The van der Waals surface area contributed by atoms with Crippen LogP contribution in [-0.4, -0.2) is 91.7 Å². The molecule has 2 aromatic heterocycles. The molecule has 4 atom stereocenters. The van der Waals surface area contributed by atoms with Crippen LogP contribution >= 0.6 is 0 Å². The standard InChI is InChI=1S/C25H24FN5O2.C6H13N.C2H7N.CH2O/c1-27-21-14-6-7-15(21)12-31(11-14)24-19-10-28-22(20(26)23(19)29-25(33)30-24)18-9-16(32)8-13-4-2-3-5-17(13)18;1-6-4-3-5-7(6)2;1-3-2;1-2/h2-5,8-10,14-15,21,27,32H,6-7,11-12H2,1H3,(H,29,30,33);6H,3-5H2,1-2H3;3H,1-2H3;1H2/t14-,15?,21?;6-;;/m01../s1. The van der Waals surface area contributed by atoms with Crippen molar-refractivity contribution >= 4 is 34.3 Å². The lowest BCUT2D eigenvalue weighted by molar-refractivity contribution is -0.0980. The second-order valence-corrected chi connectivity index (χ2v) is 12.1. The fourth-order valence-corrected chi connectivity index (χ4v) is 6.93. The first-order valence-corrected chi connectivity index (χ1v) is 15.6. The van der Waals surface area contributed by atoms with Gasteiger partial charge in [-0.3, -0.25) is 4.98 Å². The third-order valence-corrected chi connectivity index (χ3v) is 9.15. The highest BCUT2D eigenvalue weighted by Crippen LogP contribution is 2.40. The zero-order valence-electron chi connectivity index (χ0n) is 26.9. The maximum atomic E-state index is 15.9. The number of halogens is 1. The number of hydrogen-bond donors (Lipinski definition) is 4. The average molecular weight is 620 g/mol. The lowest BCUT2D eigenvalue weighted by Gasteiger charge is -2.38.